The first-order chi connectivity index (χ1) is 8.31. The van der Waals surface area contributed by atoms with Crippen molar-refractivity contribution in [2.75, 3.05) is 11.6 Å². The Bertz CT molecular complexity index is 471. The van der Waals surface area contributed by atoms with Crippen molar-refractivity contribution in [3.8, 4) is 0 Å². The number of rotatable bonds is 0. The summed E-state index contributed by atoms with van der Waals surface area (Å²) in [4.78, 5) is 1.18. The number of nitrogens with zero attached hydrogens (tertiary/aromatic N) is 1. The van der Waals surface area contributed by atoms with E-state index < -0.39 is 0 Å². The summed E-state index contributed by atoms with van der Waals surface area (Å²) in [6.07, 6.45) is 0. The predicted molar refractivity (Wildman–Crippen MR) is 79.2 cm³/mol. The average Bonchev–Trinajstić information content (AvgIpc) is 2.44. The quantitative estimate of drug-likeness (QED) is 0.567. The van der Waals surface area contributed by atoms with E-state index in [0.29, 0.717) is 5.13 Å². The van der Waals surface area contributed by atoms with E-state index in [1.54, 1.807) is 0 Å². The van der Waals surface area contributed by atoms with Crippen molar-refractivity contribution in [2.24, 2.45) is 0 Å². The zero-order chi connectivity index (χ0) is 13.9. The van der Waals surface area contributed by atoms with Gasteiger partial charge in [-0.2, -0.15) is 0 Å². The summed E-state index contributed by atoms with van der Waals surface area (Å²) in [6.45, 7) is 10.3. The highest BCUT2D eigenvalue weighted by Crippen LogP contribution is 2.13. The van der Waals surface area contributed by atoms with Crippen LogP contribution in [0.3, 0.4) is 0 Å². The first-order valence-electron chi connectivity index (χ1n) is 5.88. The molecule has 0 aliphatic rings. The second kappa shape index (κ2) is 5.87. The average molecular weight is 264 g/mol. The summed E-state index contributed by atoms with van der Waals surface area (Å²) in [7, 11) is 0. The molecular formula is C14H22N3S+. The van der Waals surface area contributed by atoms with Gasteiger partial charge in [-0.05, 0) is 39.0 Å². The highest BCUT2D eigenvalue weighted by Gasteiger charge is 2.10. The maximum absolute atomic E-state index is 5.50. The van der Waals surface area contributed by atoms with Gasteiger partial charge in [-0.15, -0.1) is 4.68 Å². The van der Waals surface area contributed by atoms with Gasteiger partial charge in [0.15, 0.2) is 0 Å². The molecule has 3 nitrogen and oxygen atoms in total. The Hall–Kier alpha value is -1.55. The molecule has 4 N–H and O–H groups in total. The number of hydrogen-bond donors (Lipinski definition) is 2. The molecule has 98 valence electrons. The van der Waals surface area contributed by atoms with E-state index in [9.17, 15) is 0 Å². The van der Waals surface area contributed by atoms with Crippen LogP contribution in [0, 0.1) is 34.6 Å². The highest BCUT2D eigenvalue weighted by molar-refractivity contribution is 7.15. The summed E-state index contributed by atoms with van der Waals surface area (Å²) in [6, 6.07) is 6.56. The Morgan fingerprint density at radius 1 is 0.889 bits per heavy atom. The summed E-state index contributed by atoms with van der Waals surface area (Å²) in [5.74, 6) is 5.50. The number of aromatic nitrogens is 1. The minimum absolute atomic E-state index is 0.657. The van der Waals surface area contributed by atoms with Gasteiger partial charge in [0.25, 0.3) is 0 Å². The fraction of sp³-hybridized carbons (Fsp3) is 0.357. The molecular weight excluding hydrogens is 242 g/mol. The predicted octanol–water partition coefficient (Wildman–Crippen LogP) is 2.56. The molecule has 0 radical (unpaired) electrons. The maximum Gasteiger partial charge on any atom is 0.355 e. The van der Waals surface area contributed by atoms with Crippen LogP contribution in [-0.4, -0.2) is 0 Å². The molecule has 18 heavy (non-hydrogen) atoms. The van der Waals surface area contributed by atoms with Crippen molar-refractivity contribution in [1.82, 2.24) is 0 Å². The first kappa shape index (κ1) is 14.5. The van der Waals surface area contributed by atoms with Crippen LogP contribution in [0.15, 0.2) is 18.2 Å². The third-order valence-corrected chi connectivity index (χ3v) is 3.74. The van der Waals surface area contributed by atoms with Gasteiger partial charge in [-0.3, -0.25) is 11.6 Å². The Kier molecular flexibility index (Phi) is 4.73. The molecule has 4 heteroatoms. The molecule has 0 unspecified atom stereocenters. The van der Waals surface area contributed by atoms with E-state index in [2.05, 4.69) is 39.0 Å². The van der Waals surface area contributed by atoms with Crippen molar-refractivity contribution in [1.29, 1.82) is 0 Å². The lowest BCUT2D eigenvalue weighted by molar-refractivity contribution is -0.626. The van der Waals surface area contributed by atoms with Gasteiger partial charge < -0.3 is 0 Å². The van der Waals surface area contributed by atoms with Crippen LogP contribution in [-0.2, 0) is 0 Å². The molecule has 0 aliphatic carbocycles. The van der Waals surface area contributed by atoms with E-state index in [-0.39, 0.29) is 0 Å². The van der Waals surface area contributed by atoms with Crippen molar-refractivity contribution in [3.63, 3.8) is 0 Å². The van der Waals surface area contributed by atoms with Crippen LogP contribution >= 0.6 is 11.3 Å². The molecule has 2 rings (SSSR count). The van der Waals surface area contributed by atoms with E-state index in [4.69, 9.17) is 11.6 Å². The summed E-state index contributed by atoms with van der Waals surface area (Å²) < 4.78 is 1.50. The Balaban J connectivity index is 0.000000180. The Morgan fingerprint density at radius 2 is 1.28 bits per heavy atom. The minimum atomic E-state index is 0.657. The highest BCUT2D eigenvalue weighted by atomic mass is 32.1. The van der Waals surface area contributed by atoms with E-state index in [1.807, 2.05) is 13.8 Å². The van der Waals surface area contributed by atoms with Crippen LogP contribution in [0.2, 0.25) is 0 Å². The molecule has 0 bridgehead atoms. The monoisotopic (exact) mass is 264 g/mol. The third-order valence-electron chi connectivity index (χ3n) is 2.73. The summed E-state index contributed by atoms with van der Waals surface area (Å²) in [5.41, 5.74) is 10.6. The lowest BCUT2D eigenvalue weighted by Crippen LogP contribution is -2.47. The van der Waals surface area contributed by atoms with Gasteiger partial charge >= 0.3 is 5.13 Å². The molecule has 1 aromatic carbocycles. The number of thiazole rings is 1. The number of nitrogens with two attached hydrogens (primary N) is 2. The van der Waals surface area contributed by atoms with Crippen molar-refractivity contribution < 1.29 is 4.68 Å². The molecule has 1 aromatic heterocycles. The topological polar surface area (TPSA) is 55.9 Å². The second-order valence-electron chi connectivity index (χ2n) is 4.62. The number of anilines is 1. The molecule has 2 aromatic rings. The van der Waals surface area contributed by atoms with Gasteiger partial charge in [0.2, 0.25) is 0 Å². The molecule has 0 atom stereocenters. The van der Waals surface area contributed by atoms with Gasteiger partial charge in [0.05, 0.1) is 4.88 Å². The number of nitrogen functional groups attached to an aromatic ring is 2. The standard InChI is InChI=1S/C9H12.C5H9N3S/c1-7-4-8(2)6-9(3)5-7;1-3-4(2)9-5(6)8(3)7/h4-6H,1-3H3;6H,7H2,1-2H3/p+1. The molecule has 1 heterocycles. The fourth-order valence-corrected chi connectivity index (χ4v) is 2.61. The molecule has 0 saturated carbocycles. The van der Waals surface area contributed by atoms with E-state index in [0.717, 1.165) is 5.69 Å². The number of aryl methyl sites for hydroxylation is 4. The summed E-state index contributed by atoms with van der Waals surface area (Å²) in [5, 5.41) is 0.657. The molecule has 0 saturated heterocycles. The summed E-state index contributed by atoms with van der Waals surface area (Å²) >= 11 is 1.51. The normalized spacial score (nSPS) is 9.83. The largest absolute Gasteiger partial charge is 0.355 e. The van der Waals surface area contributed by atoms with Crippen molar-refractivity contribution >= 4 is 16.5 Å². The maximum atomic E-state index is 5.50. The van der Waals surface area contributed by atoms with Crippen LogP contribution in [0.25, 0.3) is 0 Å². The second-order valence-corrected chi connectivity index (χ2v) is 5.85. The fourth-order valence-electron chi connectivity index (χ4n) is 1.82. The Labute approximate surface area is 113 Å². The zero-order valence-electron chi connectivity index (χ0n) is 11.7. The lowest BCUT2D eigenvalue weighted by Gasteiger charge is -1.96. The zero-order valence-corrected chi connectivity index (χ0v) is 12.6. The van der Waals surface area contributed by atoms with Gasteiger partial charge in [-0.1, -0.05) is 34.9 Å². The van der Waals surface area contributed by atoms with Crippen LogP contribution < -0.4 is 16.3 Å². The third kappa shape index (κ3) is 3.74. The molecule has 0 spiro atoms. The van der Waals surface area contributed by atoms with Crippen molar-refractivity contribution in [2.45, 2.75) is 34.6 Å². The molecule has 0 amide bonds. The first-order valence-corrected chi connectivity index (χ1v) is 6.70. The smallest absolute Gasteiger partial charge is 0.276 e. The minimum Gasteiger partial charge on any atom is -0.276 e. The lowest BCUT2D eigenvalue weighted by atomic mass is 10.1. The number of benzene rings is 1. The number of hydrogen-bond acceptors (Lipinski definition) is 3. The van der Waals surface area contributed by atoms with E-state index >= 15 is 0 Å². The SMILES string of the molecule is Cc1cc(C)cc(C)c1.Cc1sc(N)[n+](N)c1C. The molecule has 0 fully saturated rings. The van der Waals surface area contributed by atoms with Crippen LogP contribution in [0.4, 0.5) is 5.13 Å². The molecule has 0 aliphatic heterocycles. The van der Waals surface area contributed by atoms with Gasteiger partial charge in [0.1, 0.15) is 5.69 Å². The van der Waals surface area contributed by atoms with Crippen LogP contribution in [0.1, 0.15) is 27.3 Å². The van der Waals surface area contributed by atoms with E-state index in [1.165, 1.54) is 37.6 Å². The van der Waals surface area contributed by atoms with Crippen LogP contribution in [0.5, 0.6) is 0 Å². The Morgan fingerprint density at radius 3 is 1.44 bits per heavy atom. The van der Waals surface area contributed by atoms with Gasteiger partial charge in [0, 0.05) is 6.92 Å². The van der Waals surface area contributed by atoms with Gasteiger partial charge in [-0.25, -0.2) is 0 Å². The van der Waals surface area contributed by atoms with Crippen molar-refractivity contribution in [3.05, 3.63) is 45.5 Å².